The van der Waals surface area contributed by atoms with Crippen molar-refractivity contribution in [2.75, 3.05) is 0 Å². The minimum atomic E-state index is 0.494. The van der Waals surface area contributed by atoms with Crippen LogP contribution in [0.5, 0.6) is 0 Å². The number of thiazole rings is 1. The van der Waals surface area contributed by atoms with Crippen LogP contribution < -0.4 is 0 Å². The van der Waals surface area contributed by atoms with E-state index in [2.05, 4.69) is 54.2 Å². The molecule has 0 saturated carbocycles. The number of hydrogen-bond donors (Lipinski definition) is 0. The third-order valence-corrected chi connectivity index (χ3v) is 3.92. The first-order valence-electron chi connectivity index (χ1n) is 5.18. The topological polar surface area (TPSA) is 17.3 Å². The Morgan fingerprint density at radius 3 is 2.47 bits per heavy atom. The van der Waals surface area contributed by atoms with Crippen molar-refractivity contribution in [1.29, 1.82) is 0 Å². The second kappa shape index (κ2) is 3.91. The largest absolute Gasteiger partial charge is 0.293 e. The molecule has 15 heavy (non-hydrogen) atoms. The van der Waals surface area contributed by atoms with Crippen molar-refractivity contribution in [2.24, 2.45) is 0 Å². The monoisotopic (exact) mass is 286 g/mol. The number of hydrogen-bond acceptors (Lipinski definition) is 2. The third-order valence-electron chi connectivity index (χ3n) is 2.46. The zero-order valence-electron chi connectivity index (χ0n) is 9.41. The molecule has 2 rings (SSSR count). The number of halogens is 1. The molecule has 0 saturated heterocycles. The predicted molar refractivity (Wildman–Crippen MR) is 68.9 cm³/mol. The highest BCUT2D eigenvalue weighted by Crippen LogP contribution is 2.32. The summed E-state index contributed by atoms with van der Waals surface area (Å²) in [6.45, 7) is 8.85. The molecule has 0 fully saturated rings. The van der Waals surface area contributed by atoms with Crippen LogP contribution in [0.15, 0.2) is 9.98 Å². The summed E-state index contributed by atoms with van der Waals surface area (Å²) in [6, 6.07) is 0. The van der Waals surface area contributed by atoms with E-state index >= 15 is 0 Å². The van der Waals surface area contributed by atoms with Gasteiger partial charge in [-0.2, -0.15) is 0 Å². The smallest absolute Gasteiger partial charge is 0.195 e. The predicted octanol–water partition coefficient (Wildman–Crippen LogP) is 4.41. The van der Waals surface area contributed by atoms with Gasteiger partial charge < -0.3 is 0 Å². The first kappa shape index (κ1) is 11.1. The highest BCUT2D eigenvalue weighted by Gasteiger charge is 2.18. The van der Waals surface area contributed by atoms with E-state index < -0.39 is 0 Å². The van der Waals surface area contributed by atoms with Crippen molar-refractivity contribution >= 4 is 32.2 Å². The van der Waals surface area contributed by atoms with Crippen LogP contribution in [-0.4, -0.2) is 9.38 Å². The summed E-state index contributed by atoms with van der Waals surface area (Å²) in [6.07, 6.45) is 2.12. The molecule has 0 unspecified atom stereocenters. The van der Waals surface area contributed by atoms with Crippen LogP contribution in [-0.2, 0) is 0 Å². The molecule has 0 aliphatic heterocycles. The number of rotatable bonds is 2. The molecule has 2 heterocycles. The SMILES string of the molecule is CC(C)c1nc2sc(Br)cn2c1C(C)C. The standard InChI is InChI=1S/C11H15BrN2S/c1-6(2)9-10(7(3)4)14-5-8(12)15-11(14)13-9/h5-7H,1-4H3. The van der Waals surface area contributed by atoms with Crippen molar-refractivity contribution in [1.82, 2.24) is 9.38 Å². The van der Waals surface area contributed by atoms with Gasteiger partial charge in [-0.25, -0.2) is 4.98 Å². The van der Waals surface area contributed by atoms with Crippen molar-refractivity contribution in [3.8, 4) is 0 Å². The summed E-state index contributed by atoms with van der Waals surface area (Å²) < 4.78 is 3.36. The van der Waals surface area contributed by atoms with Crippen molar-refractivity contribution in [3.63, 3.8) is 0 Å². The first-order valence-corrected chi connectivity index (χ1v) is 6.78. The summed E-state index contributed by atoms with van der Waals surface area (Å²) >= 11 is 5.20. The fraction of sp³-hybridized carbons (Fsp3) is 0.545. The van der Waals surface area contributed by atoms with Crippen molar-refractivity contribution < 1.29 is 0 Å². The highest BCUT2D eigenvalue weighted by atomic mass is 79.9. The average Bonchev–Trinajstić information content (AvgIpc) is 2.58. The summed E-state index contributed by atoms with van der Waals surface area (Å²) in [5, 5.41) is 0. The van der Waals surface area contributed by atoms with Gasteiger partial charge in [0.15, 0.2) is 4.96 Å². The van der Waals surface area contributed by atoms with Gasteiger partial charge in [-0.3, -0.25) is 4.40 Å². The molecule has 4 heteroatoms. The molecular weight excluding hydrogens is 272 g/mol. The van der Waals surface area contributed by atoms with E-state index in [0.717, 1.165) is 8.75 Å². The van der Waals surface area contributed by atoms with Gasteiger partial charge in [-0.15, -0.1) is 0 Å². The van der Waals surface area contributed by atoms with E-state index in [0.29, 0.717) is 11.8 Å². The minimum absolute atomic E-state index is 0.494. The van der Waals surface area contributed by atoms with E-state index in [9.17, 15) is 0 Å². The second-order valence-electron chi connectivity index (χ2n) is 4.38. The maximum Gasteiger partial charge on any atom is 0.195 e. The zero-order valence-corrected chi connectivity index (χ0v) is 11.8. The lowest BCUT2D eigenvalue weighted by atomic mass is 10.0. The maximum absolute atomic E-state index is 4.71. The molecule has 0 atom stereocenters. The number of fused-ring (bicyclic) bond motifs is 1. The van der Waals surface area contributed by atoms with Gasteiger partial charge in [0.2, 0.25) is 0 Å². The molecule has 82 valence electrons. The maximum atomic E-state index is 4.71. The normalized spacial score (nSPS) is 12.2. The second-order valence-corrected chi connectivity index (χ2v) is 6.77. The molecule has 0 spiro atoms. The zero-order chi connectivity index (χ0) is 11.2. The first-order chi connectivity index (χ1) is 7.00. The molecule has 0 aromatic carbocycles. The van der Waals surface area contributed by atoms with E-state index in [1.54, 1.807) is 11.3 Å². The van der Waals surface area contributed by atoms with Gasteiger partial charge in [0.25, 0.3) is 0 Å². The van der Waals surface area contributed by atoms with E-state index in [1.165, 1.54) is 11.4 Å². The molecule has 2 aromatic heterocycles. The third kappa shape index (κ3) is 1.85. The Bertz CT molecular complexity index is 482. The summed E-state index contributed by atoms with van der Waals surface area (Å²) in [5.74, 6) is 1.01. The van der Waals surface area contributed by atoms with E-state index in [4.69, 9.17) is 4.98 Å². The lowest BCUT2D eigenvalue weighted by Gasteiger charge is -2.09. The van der Waals surface area contributed by atoms with Gasteiger partial charge in [0.05, 0.1) is 9.48 Å². The lowest BCUT2D eigenvalue weighted by molar-refractivity contribution is 0.745. The minimum Gasteiger partial charge on any atom is -0.293 e. The van der Waals surface area contributed by atoms with Gasteiger partial charge in [0.1, 0.15) is 0 Å². The van der Waals surface area contributed by atoms with Crippen molar-refractivity contribution in [2.45, 2.75) is 39.5 Å². The van der Waals surface area contributed by atoms with Gasteiger partial charge >= 0.3 is 0 Å². The fourth-order valence-electron chi connectivity index (χ4n) is 1.85. The van der Waals surface area contributed by atoms with Crippen molar-refractivity contribution in [3.05, 3.63) is 21.4 Å². The molecule has 0 amide bonds. The molecule has 0 aliphatic carbocycles. The fourth-order valence-corrected chi connectivity index (χ4v) is 3.22. The van der Waals surface area contributed by atoms with E-state index in [1.807, 2.05) is 0 Å². The highest BCUT2D eigenvalue weighted by molar-refractivity contribution is 9.11. The van der Waals surface area contributed by atoms with Crippen LogP contribution in [0.1, 0.15) is 50.9 Å². The Kier molecular flexibility index (Phi) is 2.90. The van der Waals surface area contributed by atoms with Crippen LogP contribution in [0, 0.1) is 0 Å². The average molecular weight is 287 g/mol. The summed E-state index contributed by atoms with van der Waals surface area (Å²) in [4.78, 5) is 5.80. The van der Waals surface area contributed by atoms with Gasteiger partial charge in [0, 0.05) is 11.9 Å². The van der Waals surface area contributed by atoms with Crippen LogP contribution in [0.3, 0.4) is 0 Å². The quantitative estimate of drug-likeness (QED) is 0.800. The van der Waals surface area contributed by atoms with Crippen LogP contribution in [0.25, 0.3) is 4.96 Å². The Hall–Kier alpha value is -0.350. The molecule has 2 nitrogen and oxygen atoms in total. The van der Waals surface area contributed by atoms with E-state index in [-0.39, 0.29) is 0 Å². The Balaban J connectivity index is 2.71. The Labute approximate surface area is 102 Å². The van der Waals surface area contributed by atoms with Crippen LogP contribution in [0.2, 0.25) is 0 Å². The molecule has 0 aliphatic rings. The summed E-state index contributed by atoms with van der Waals surface area (Å²) in [5.41, 5.74) is 2.59. The number of nitrogens with zero attached hydrogens (tertiary/aromatic N) is 2. The van der Waals surface area contributed by atoms with Crippen LogP contribution in [0.4, 0.5) is 0 Å². The Morgan fingerprint density at radius 2 is 1.93 bits per heavy atom. The molecule has 2 aromatic rings. The van der Waals surface area contributed by atoms with Gasteiger partial charge in [-0.1, -0.05) is 39.0 Å². The summed E-state index contributed by atoms with van der Waals surface area (Å²) in [7, 11) is 0. The number of aromatic nitrogens is 2. The van der Waals surface area contributed by atoms with Crippen LogP contribution >= 0.6 is 27.3 Å². The molecule has 0 radical (unpaired) electrons. The lowest BCUT2D eigenvalue weighted by Crippen LogP contribution is -1.99. The van der Waals surface area contributed by atoms with Gasteiger partial charge in [-0.05, 0) is 27.8 Å². The molecular formula is C11H15BrN2S. The Morgan fingerprint density at radius 1 is 1.27 bits per heavy atom. The molecule has 0 N–H and O–H groups in total. The number of imidazole rings is 1. The molecule has 0 bridgehead atoms.